The van der Waals surface area contributed by atoms with E-state index in [-0.39, 0.29) is 6.07 Å². The van der Waals surface area contributed by atoms with Crippen molar-refractivity contribution < 1.29 is 17.6 Å². The zero-order valence-electron chi connectivity index (χ0n) is 6.88. The maximum atomic E-state index is 12.6. The standard InChI is InChI=1S/C8H3Cl3F4/c9-7(10,11)5-2-1-4(12)3-6(5)8(13,14)15/h1-3H. The highest BCUT2D eigenvalue weighted by molar-refractivity contribution is 6.66. The lowest BCUT2D eigenvalue weighted by Gasteiger charge is -2.18. The van der Waals surface area contributed by atoms with Gasteiger partial charge in [0, 0.05) is 5.56 Å². The van der Waals surface area contributed by atoms with Gasteiger partial charge in [0.15, 0.2) is 0 Å². The molecule has 0 unspecified atom stereocenters. The fourth-order valence-electron chi connectivity index (χ4n) is 0.998. The predicted octanol–water partition coefficient (Wildman–Crippen LogP) is 4.67. The van der Waals surface area contributed by atoms with Gasteiger partial charge in [0.1, 0.15) is 5.82 Å². The third-order valence-electron chi connectivity index (χ3n) is 1.59. The highest BCUT2D eigenvalue weighted by Gasteiger charge is 2.39. The zero-order chi connectivity index (χ0) is 11.9. The number of benzene rings is 1. The molecular weight excluding hydrogens is 278 g/mol. The molecule has 0 amide bonds. The van der Waals surface area contributed by atoms with E-state index in [4.69, 9.17) is 34.8 Å². The first-order valence-corrected chi connectivity index (χ1v) is 4.69. The van der Waals surface area contributed by atoms with Gasteiger partial charge < -0.3 is 0 Å². The molecule has 0 aliphatic rings. The zero-order valence-corrected chi connectivity index (χ0v) is 9.15. The second-order valence-corrected chi connectivity index (χ2v) is 4.97. The Bertz CT molecular complexity index is 367. The maximum absolute atomic E-state index is 12.6. The van der Waals surface area contributed by atoms with Crippen LogP contribution in [0.2, 0.25) is 0 Å². The quantitative estimate of drug-likeness (QED) is 0.479. The summed E-state index contributed by atoms with van der Waals surface area (Å²) < 4.78 is 47.6. The van der Waals surface area contributed by atoms with Gasteiger partial charge in [-0.1, -0.05) is 40.9 Å². The number of hydrogen-bond donors (Lipinski definition) is 0. The van der Waals surface area contributed by atoms with E-state index in [0.29, 0.717) is 0 Å². The van der Waals surface area contributed by atoms with Crippen molar-refractivity contribution in [1.29, 1.82) is 0 Å². The summed E-state index contributed by atoms with van der Waals surface area (Å²) in [6, 6.07) is 1.88. The molecule has 0 bridgehead atoms. The molecule has 0 heterocycles. The van der Waals surface area contributed by atoms with Crippen LogP contribution in [0.15, 0.2) is 18.2 Å². The third kappa shape index (κ3) is 3.13. The minimum Gasteiger partial charge on any atom is -0.207 e. The third-order valence-corrected chi connectivity index (χ3v) is 2.20. The Morgan fingerprint density at radius 2 is 1.47 bits per heavy atom. The number of rotatable bonds is 0. The molecule has 0 saturated heterocycles. The van der Waals surface area contributed by atoms with Gasteiger partial charge in [0.25, 0.3) is 0 Å². The normalized spacial score (nSPS) is 13.0. The van der Waals surface area contributed by atoms with Gasteiger partial charge in [0.2, 0.25) is 3.79 Å². The van der Waals surface area contributed by atoms with Crippen LogP contribution in [0.3, 0.4) is 0 Å². The summed E-state index contributed by atoms with van der Waals surface area (Å²) in [5.41, 5.74) is -1.89. The fraction of sp³-hybridized carbons (Fsp3) is 0.250. The summed E-state index contributed by atoms with van der Waals surface area (Å²) in [4.78, 5) is 0. The molecule has 0 fully saturated rings. The Hall–Kier alpha value is -0.190. The molecule has 0 aliphatic heterocycles. The van der Waals surface area contributed by atoms with Gasteiger partial charge in [-0.2, -0.15) is 13.2 Å². The van der Waals surface area contributed by atoms with Crippen LogP contribution in [0, 0.1) is 5.82 Å². The lowest BCUT2D eigenvalue weighted by molar-refractivity contribution is -0.138. The van der Waals surface area contributed by atoms with E-state index in [9.17, 15) is 17.6 Å². The SMILES string of the molecule is Fc1ccc(C(Cl)(Cl)Cl)c(C(F)(F)F)c1. The van der Waals surface area contributed by atoms with Crippen molar-refractivity contribution in [2.75, 3.05) is 0 Å². The van der Waals surface area contributed by atoms with Crippen molar-refractivity contribution >= 4 is 34.8 Å². The molecule has 0 atom stereocenters. The van der Waals surface area contributed by atoms with Crippen molar-refractivity contribution in [3.05, 3.63) is 35.1 Å². The fourth-order valence-corrected chi connectivity index (χ4v) is 1.49. The molecule has 1 rings (SSSR count). The topological polar surface area (TPSA) is 0 Å². The van der Waals surface area contributed by atoms with Crippen molar-refractivity contribution in [3.8, 4) is 0 Å². The number of hydrogen-bond acceptors (Lipinski definition) is 0. The van der Waals surface area contributed by atoms with Gasteiger partial charge in [-0.15, -0.1) is 0 Å². The lowest BCUT2D eigenvalue weighted by Crippen LogP contribution is -2.14. The van der Waals surface area contributed by atoms with Gasteiger partial charge in [-0.25, -0.2) is 4.39 Å². The van der Waals surface area contributed by atoms with Crippen molar-refractivity contribution in [2.24, 2.45) is 0 Å². The van der Waals surface area contributed by atoms with Gasteiger partial charge in [-0.3, -0.25) is 0 Å². The molecule has 84 valence electrons. The Morgan fingerprint density at radius 1 is 0.933 bits per heavy atom. The Morgan fingerprint density at radius 3 is 1.87 bits per heavy atom. The molecule has 0 N–H and O–H groups in total. The largest absolute Gasteiger partial charge is 0.416 e. The minimum atomic E-state index is -4.76. The van der Waals surface area contributed by atoms with Crippen molar-refractivity contribution in [3.63, 3.8) is 0 Å². The van der Waals surface area contributed by atoms with Crippen molar-refractivity contribution in [2.45, 2.75) is 9.97 Å². The van der Waals surface area contributed by atoms with Crippen LogP contribution in [0.5, 0.6) is 0 Å². The van der Waals surface area contributed by atoms with Crippen LogP contribution in [0.1, 0.15) is 11.1 Å². The summed E-state index contributed by atoms with van der Waals surface area (Å²) in [7, 11) is 0. The average molecular weight is 281 g/mol. The molecule has 1 aromatic carbocycles. The van der Waals surface area contributed by atoms with E-state index in [1.54, 1.807) is 0 Å². The summed E-state index contributed by atoms with van der Waals surface area (Å²) in [5.74, 6) is -1.04. The Kier molecular flexibility index (Phi) is 3.43. The Labute approximate surface area is 97.7 Å². The molecule has 0 spiro atoms. The highest BCUT2D eigenvalue weighted by Crippen LogP contribution is 2.44. The molecule has 0 nitrogen and oxygen atoms in total. The van der Waals surface area contributed by atoms with Crippen LogP contribution in [-0.4, -0.2) is 0 Å². The van der Waals surface area contributed by atoms with Gasteiger partial charge in [-0.05, 0) is 12.1 Å². The van der Waals surface area contributed by atoms with Crippen LogP contribution in [0.25, 0.3) is 0 Å². The smallest absolute Gasteiger partial charge is 0.207 e. The van der Waals surface area contributed by atoms with Gasteiger partial charge in [0.05, 0.1) is 5.56 Å². The Balaban J connectivity index is 3.41. The van der Waals surface area contributed by atoms with Crippen LogP contribution < -0.4 is 0 Å². The first-order chi connectivity index (χ1) is 6.62. The second-order valence-electron chi connectivity index (χ2n) is 2.69. The van der Waals surface area contributed by atoms with E-state index >= 15 is 0 Å². The van der Waals surface area contributed by atoms with E-state index in [0.717, 1.165) is 12.1 Å². The van der Waals surface area contributed by atoms with Crippen LogP contribution in [0.4, 0.5) is 17.6 Å². The number of alkyl halides is 6. The predicted molar refractivity (Wildman–Crippen MR) is 50.6 cm³/mol. The van der Waals surface area contributed by atoms with E-state index < -0.39 is 26.9 Å². The summed E-state index contributed by atoms with van der Waals surface area (Å²) in [6.45, 7) is 0. The molecule has 0 aliphatic carbocycles. The molecule has 0 radical (unpaired) electrons. The minimum absolute atomic E-state index is 0.289. The van der Waals surface area contributed by atoms with Crippen LogP contribution >= 0.6 is 34.8 Å². The van der Waals surface area contributed by atoms with Gasteiger partial charge >= 0.3 is 6.18 Å². The van der Waals surface area contributed by atoms with Crippen LogP contribution in [-0.2, 0) is 9.97 Å². The van der Waals surface area contributed by atoms with Crippen molar-refractivity contribution in [1.82, 2.24) is 0 Å². The lowest BCUT2D eigenvalue weighted by atomic mass is 10.1. The average Bonchev–Trinajstić information content (AvgIpc) is 2.00. The molecular formula is C8H3Cl3F4. The summed E-state index contributed by atoms with van der Waals surface area (Å²) in [5, 5.41) is 0. The monoisotopic (exact) mass is 280 g/mol. The summed E-state index contributed by atoms with van der Waals surface area (Å²) in [6.07, 6.45) is -4.76. The highest BCUT2D eigenvalue weighted by atomic mass is 35.6. The summed E-state index contributed by atoms with van der Waals surface area (Å²) >= 11 is 16.0. The molecule has 7 heteroatoms. The maximum Gasteiger partial charge on any atom is 0.416 e. The van der Waals surface area contributed by atoms with E-state index in [2.05, 4.69) is 0 Å². The molecule has 15 heavy (non-hydrogen) atoms. The molecule has 0 aromatic heterocycles. The first-order valence-electron chi connectivity index (χ1n) is 3.56. The first kappa shape index (κ1) is 12.9. The van der Waals surface area contributed by atoms with E-state index in [1.165, 1.54) is 0 Å². The number of halogens is 7. The van der Waals surface area contributed by atoms with E-state index in [1.807, 2.05) is 0 Å². The second kappa shape index (κ2) is 4.00. The molecule has 0 saturated carbocycles. The molecule has 1 aromatic rings.